The van der Waals surface area contributed by atoms with Crippen molar-refractivity contribution in [2.45, 2.75) is 0 Å². The highest BCUT2D eigenvalue weighted by atomic mass is 35.5. The summed E-state index contributed by atoms with van der Waals surface area (Å²) >= 11 is 5.57. The van der Waals surface area contributed by atoms with Gasteiger partial charge < -0.3 is 5.73 Å². The molecule has 0 atom stereocenters. The van der Waals surface area contributed by atoms with Crippen LogP contribution in [0.1, 0.15) is 10.4 Å². The number of hydrogen-bond donors (Lipinski definition) is 3. The van der Waals surface area contributed by atoms with Crippen molar-refractivity contribution in [3.8, 4) is 0 Å². The molecular weight excluding hydrogens is 280 g/mol. The van der Waals surface area contributed by atoms with E-state index in [9.17, 15) is 24.5 Å². The molecule has 1 rings (SSSR count). The monoisotopic (exact) mass is 286 g/mol. The molecule has 0 heterocycles. The Morgan fingerprint density at radius 3 is 2.42 bits per heavy atom. The molecule has 0 aliphatic carbocycles. The molecule has 0 radical (unpaired) electrons. The summed E-state index contributed by atoms with van der Waals surface area (Å²) in [4.78, 5) is 42.7. The van der Waals surface area contributed by atoms with Gasteiger partial charge in [-0.3, -0.25) is 35.3 Å². The number of nitrogens with two attached hydrogens (primary N) is 1. The fourth-order valence-electron chi connectivity index (χ4n) is 1.09. The average molecular weight is 287 g/mol. The molecular formula is C9H7ClN4O5. The van der Waals surface area contributed by atoms with E-state index in [1.165, 1.54) is 6.07 Å². The van der Waals surface area contributed by atoms with E-state index < -0.39 is 28.3 Å². The van der Waals surface area contributed by atoms with Gasteiger partial charge in [0.25, 0.3) is 11.6 Å². The van der Waals surface area contributed by atoms with Crippen molar-refractivity contribution >= 4 is 35.0 Å². The molecule has 4 N–H and O–H groups in total. The van der Waals surface area contributed by atoms with Crippen LogP contribution in [0.3, 0.4) is 0 Å². The van der Waals surface area contributed by atoms with Gasteiger partial charge in [0.15, 0.2) is 0 Å². The van der Waals surface area contributed by atoms with Gasteiger partial charge >= 0.3 is 11.8 Å². The number of nitro benzene ring substituents is 1. The number of hydrogen-bond acceptors (Lipinski definition) is 5. The minimum Gasteiger partial charge on any atom is -0.361 e. The van der Waals surface area contributed by atoms with Gasteiger partial charge in [-0.05, 0) is 12.1 Å². The molecule has 0 aliphatic heterocycles. The third kappa shape index (κ3) is 3.64. The highest BCUT2D eigenvalue weighted by Gasteiger charge is 2.21. The van der Waals surface area contributed by atoms with Crippen LogP contribution in [0.15, 0.2) is 18.2 Å². The Kier molecular flexibility index (Phi) is 4.37. The SMILES string of the molecule is NC(=O)C(=O)NNC(=O)c1ccc(Cl)cc1[N+](=O)[O-]. The molecule has 0 fully saturated rings. The van der Waals surface area contributed by atoms with Crippen LogP contribution in [0.25, 0.3) is 0 Å². The predicted octanol–water partition coefficient (Wildman–Crippen LogP) is -0.505. The summed E-state index contributed by atoms with van der Waals surface area (Å²) in [5.41, 5.74) is 7.25. The van der Waals surface area contributed by atoms with Crippen molar-refractivity contribution in [1.82, 2.24) is 10.9 Å². The number of rotatable bonds is 2. The van der Waals surface area contributed by atoms with E-state index in [4.69, 9.17) is 11.6 Å². The molecule has 9 nitrogen and oxygen atoms in total. The second-order valence-electron chi connectivity index (χ2n) is 3.19. The summed E-state index contributed by atoms with van der Waals surface area (Å²) in [6, 6.07) is 3.35. The largest absolute Gasteiger partial charge is 0.361 e. The van der Waals surface area contributed by atoms with Crippen LogP contribution >= 0.6 is 11.6 Å². The van der Waals surface area contributed by atoms with E-state index >= 15 is 0 Å². The van der Waals surface area contributed by atoms with E-state index in [1.807, 2.05) is 5.43 Å². The number of primary amides is 1. The highest BCUT2D eigenvalue weighted by molar-refractivity contribution is 6.34. The quantitative estimate of drug-likeness (QED) is 0.381. The number of benzene rings is 1. The van der Waals surface area contributed by atoms with Crippen molar-refractivity contribution in [2.75, 3.05) is 0 Å². The normalized spacial score (nSPS) is 9.53. The molecule has 0 unspecified atom stereocenters. The number of hydrazine groups is 1. The third-order valence-corrected chi connectivity index (χ3v) is 2.15. The summed E-state index contributed by atoms with van der Waals surface area (Å²) in [5.74, 6) is -3.56. The third-order valence-electron chi connectivity index (χ3n) is 1.91. The molecule has 1 aromatic rings. The maximum absolute atomic E-state index is 11.6. The number of nitro groups is 1. The Morgan fingerprint density at radius 1 is 1.26 bits per heavy atom. The summed E-state index contributed by atoms with van der Waals surface area (Å²) in [5, 5.41) is 10.8. The van der Waals surface area contributed by atoms with E-state index in [1.54, 1.807) is 5.43 Å². The fraction of sp³-hybridized carbons (Fsp3) is 0. The minimum atomic E-state index is -1.31. The van der Waals surface area contributed by atoms with Crippen LogP contribution in [-0.4, -0.2) is 22.6 Å². The van der Waals surface area contributed by atoms with Crippen molar-refractivity contribution < 1.29 is 19.3 Å². The van der Waals surface area contributed by atoms with E-state index in [-0.39, 0.29) is 10.6 Å². The average Bonchev–Trinajstić information content (AvgIpc) is 2.35. The number of carbonyl (C=O) groups excluding carboxylic acids is 3. The molecule has 1 aromatic carbocycles. The van der Waals surface area contributed by atoms with Gasteiger partial charge in [0.2, 0.25) is 0 Å². The summed E-state index contributed by atoms with van der Waals surface area (Å²) < 4.78 is 0. The van der Waals surface area contributed by atoms with Gasteiger partial charge in [-0.2, -0.15) is 0 Å². The fourth-order valence-corrected chi connectivity index (χ4v) is 1.26. The first kappa shape index (κ1) is 14.4. The van der Waals surface area contributed by atoms with Crippen LogP contribution in [0.5, 0.6) is 0 Å². The molecule has 19 heavy (non-hydrogen) atoms. The molecule has 0 aromatic heterocycles. The first-order chi connectivity index (χ1) is 8.82. The lowest BCUT2D eigenvalue weighted by atomic mass is 10.2. The zero-order valence-electron chi connectivity index (χ0n) is 9.18. The maximum atomic E-state index is 11.6. The van der Waals surface area contributed by atoms with Gasteiger partial charge in [-0.15, -0.1) is 0 Å². The van der Waals surface area contributed by atoms with Crippen LogP contribution in [0, 0.1) is 10.1 Å². The smallest absolute Gasteiger partial charge is 0.327 e. The van der Waals surface area contributed by atoms with Gasteiger partial charge in [0.1, 0.15) is 5.56 Å². The molecule has 3 amide bonds. The topological polar surface area (TPSA) is 144 Å². The first-order valence-electron chi connectivity index (χ1n) is 4.67. The number of nitrogens with one attached hydrogen (secondary N) is 2. The molecule has 0 aliphatic rings. The molecule has 0 spiro atoms. The summed E-state index contributed by atoms with van der Waals surface area (Å²) in [6.45, 7) is 0. The van der Waals surface area contributed by atoms with Crippen molar-refractivity contribution in [3.05, 3.63) is 38.9 Å². The van der Waals surface area contributed by atoms with Crippen molar-refractivity contribution in [3.63, 3.8) is 0 Å². The molecule has 0 saturated heterocycles. The maximum Gasteiger partial charge on any atom is 0.327 e. The second kappa shape index (κ2) is 5.78. The Balaban J connectivity index is 2.91. The van der Waals surface area contributed by atoms with E-state index in [0.717, 1.165) is 12.1 Å². The van der Waals surface area contributed by atoms with Crippen LogP contribution in [-0.2, 0) is 9.59 Å². The second-order valence-corrected chi connectivity index (χ2v) is 3.63. The molecule has 10 heteroatoms. The van der Waals surface area contributed by atoms with E-state index in [2.05, 4.69) is 5.73 Å². The van der Waals surface area contributed by atoms with Crippen molar-refractivity contribution in [1.29, 1.82) is 0 Å². The van der Waals surface area contributed by atoms with Gasteiger partial charge in [-0.25, -0.2) is 0 Å². The minimum absolute atomic E-state index is 0.0735. The van der Waals surface area contributed by atoms with E-state index in [0.29, 0.717) is 0 Å². The summed E-state index contributed by atoms with van der Waals surface area (Å²) in [7, 11) is 0. The zero-order valence-corrected chi connectivity index (χ0v) is 9.93. The zero-order chi connectivity index (χ0) is 14.6. The number of carbonyl (C=O) groups is 3. The summed E-state index contributed by atoms with van der Waals surface area (Å²) in [6.07, 6.45) is 0. The molecule has 0 bridgehead atoms. The van der Waals surface area contributed by atoms with Crippen LogP contribution in [0.4, 0.5) is 5.69 Å². The number of amides is 3. The predicted molar refractivity (Wildman–Crippen MR) is 62.9 cm³/mol. The van der Waals surface area contributed by atoms with Crippen LogP contribution in [0.2, 0.25) is 5.02 Å². The molecule has 0 saturated carbocycles. The van der Waals surface area contributed by atoms with Crippen molar-refractivity contribution in [2.24, 2.45) is 5.73 Å². The number of nitrogens with zero attached hydrogens (tertiary/aromatic N) is 1. The molecule has 100 valence electrons. The Morgan fingerprint density at radius 2 is 1.89 bits per heavy atom. The Hall–Kier alpha value is -2.68. The van der Waals surface area contributed by atoms with Gasteiger partial charge in [0.05, 0.1) is 4.92 Å². The lowest BCUT2D eigenvalue weighted by Gasteiger charge is -2.06. The van der Waals surface area contributed by atoms with Gasteiger partial charge in [-0.1, -0.05) is 11.6 Å². The van der Waals surface area contributed by atoms with Crippen LogP contribution < -0.4 is 16.6 Å². The first-order valence-corrected chi connectivity index (χ1v) is 5.04. The Labute approximate surface area is 110 Å². The highest BCUT2D eigenvalue weighted by Crippen LogP contribution is 2.22. The lowest BCUT2D eigenvalue weighted by Crippen LogP contribution is -2.47. The lowest BCUT2D eigenvalue weighted by molar-refractivity contribution is -0.385. The standard InChI is InChI=1S/C9H7ClN4O5/c10-4-1-2-5(6(3-4)14(18)19)8(16)12-13-9(17)7(11)15/h1-3H,(H2,11,15)(H,12,16)(H,13,17). The number of halogens is 1. The Bertz CT molecular complexity index is 574. The van der Waals surface area contributed by atoms with Gasteiger partial charge in [0, 0.05) is 11.1 Å².